The first-order chi connectivity index (χ1) is 17.6. The van der Waals surface area contributed by atoms with Gasteiger partial charge in [-0.25, -0.2) is 26.4 Å². The first-order valence-electron chi connectivity index (χ1n) is 12.0. The lowest BCUT2D eigenvalue weighted by Crippen LogP contribution is -2.55. The molecule has 3 rings (SSSR count). The molecule has 2 aliphatic carbocycles. The molecule has 2 saturated carbocycles. The molecule has 2 fully saturated rings. The molecule has 1 aromatic carbocycles. The molecule has 214 valence electrons. The molecule has 0 heterocycles. The monoisotopic (exact) mass is 584 g/mol. The second-order valence-electron chi connectivity index (χ2n) is 9.69. The molecule has 0 radical (unpaired) electrons. The van der Waals surface area contributed by atoms with Crippen LogP contribution >= 0.6 is 0 Å². The van der Waals surface area contributed by atoms with E-state index in [9.17, 15) is 44.7 Å². The van der Waals surface area contributed by atoms with Crippen molar-refractivity contribution >= 4 is 37.7 Å². The summed E-state index contributed by atoms with van der Waals surface area (Å²) in [5.41, 5.74) is -0.220. The van der Waals surface area contributed by atoms with E-state index in [1.165, 1.54) is 0 Å². The predicted molar refractivity (Wildman–Crippen MR) is 131 cm³/mol. The predicted octanol–water partition coefficient (Wildman–Crippen LogP) is 2.47. The van der Waals surface area contributed by atoms with Gasteiger partial charge in [-0.15, -0.1) is 0 Å². The van der Waals surface area contributed by atoms with E-state index in [0.29, 0.717) is 25.7 Å². The number of nitrogens with zero attached hydrogens (tertiary/aromatic N) is 1. The molecule has 0 saturated heterocycles. The smallest absolute Gasteiger partial charge is 0.405 e. The van der Waals surface area contributed by atoms with Gasteiger partial charge in [-0.1, -0.05) is 0 Å². The molecule has 0 aromatic heterocycles. The van der Waals surface area contributed by atoms with Gasteiger partial charge in [-0.2, -0.15) is 13.2 Å². The van der Waals surface area contributed by atoms with Crippen molar-refractivity contribution in [1.29, 1.82) is 0 Å². The van der Waals surface area contributed by atoms with Gasteiger partial charge in [-0.05, 0) is 75.1 Å². The Morgan fingerprint density at radius 3 is 2.08 bits per heavy atom. The van der Waals surface area contributed by atoms with Crippen LogP contribution in [0.15, 0.2) is 29.2 Å². The van der Waals surface area contributed by atoms with Crippen LogP contribution in [0.25, 0.3) is 0 Å². The maximum absolute atomic E-state index is 13.0. The van der Waals surface area contributed by atoms with Crippen LogP contribution in [-0.2, 0) is 24.8 Å². The molecule has 0 bridgehead atoms. The van der Waals surface area contributed by atoms with Crippen LogP contribution in [0.2, 0.25) is 0 Å². The van der Waals surface area contributed by atoms with Crippen LogP contribution in [0, 0.1) is 5.92 Å². The Labute approximate surface area is 219 Å². The molecule has 38 heavy (non-hydrogen) atoms. The number of anilines is 1. The van der Waals surface area contributed by atoms with E-state index in [2.05, 4.69) is 10.0 Å². The van der Waals surface area contributed by atoms with Gasteiger partial charge < -0.3 is 15.3 Å². The highest BCUT2D eigenvalue weighted by Gasteiger charge is 2.38. The second-order valence-corrected chi connectivity index (χ2v) is 13.1. The number of halogens is 3. The number of carbonyl (C=O) groups excluding carboxylic acids is 1. The lowest BCUT2D eigenvalue weighted by atomic mass is 9.80. The molecule has 1 aromatic rings. The number of amides is 2. The van der Waals surface area contributed by atoms with Crippen LogP contribution in [0.1, 0.15) is 44.9 Å². The number of alkyl halides is 3. The highest BCUT2D eigenvalue weighted by atomic mass is 32.2. The summed E-state index contributed by atoms with van der Waals surface area (Å²) >= 11 is 0. The topological polar surface area (TPSA) is 162 Å². The normalized spacial score (nSPS) is 21.7. The summed E-state index contributed by atoms with van der Waals surface area (Å²) < 4.78 is 90.3. The Bertz CT molecular complexity index is 1210. The third kappa shape index (κ3) is 8.20. The first-order valence-corrected chi connectivity index (χ1v) is 15.2. The van der Waals surface area contributed by atoms with Crippen molar-refractivity contribution in [1.82, 2.24) is 14.9 Å². The van der Waals surface area contributed by atoms with Gasteiger partial charge >= 0.3 is 12.3 Å². The third-order valence-corrected chi connectivity index (χ3v) is 9.66. The summed E-state index contributed by atoms with van der Waals surface area (Å²) in [5, 5.41) is 11.6. The molecular weight excluding hydrogens is 553 g/mol. The SMILES string of the molecule is CN(C(=O)[C@@H](NC(=O)O)C1CCC(NS(=O)(=O)c2ccc(NS(=O)(=O)CC(F)(F)F)cc2)CC1)C1CCC1. The van der Waals surface area contributed by atoms with Crippen molar-refractivity contribution < 1.29 is 44.7 Å². The van der Waals surface area contributed by atoms with Crippen LogP contribution in [0.5, 0.6) is 0 Å². The minimum atomic E-state index is -4.93. The van der Waals surface area contributed by atoms with Gasteiger partial charge in [0, 0.05) is 24.8 Å². The van der Waals surface area contributed by atoms with Gasteiger partial charge in [0.1, 0.15) is 6.04 Å². The Morgan fingerprint density at radius 1 is 1.03 bits per heavy atom. The average molecular weight is 585 g/mol. The molecule has 1 atom stereocenters. The molecule has 4 N–H and O–H groups in total. The van der Waals surface area contributed by atoms with E-state index >= 15 is 0 Å². The zero-order valence-corrected chi connectivity index (χ0v) is 22.2. The Balaban J connectivity index is 1.59. The number of rotatable bonds is 10. The van der Waals surface area contributed by atoms with Crippen LogP contribution in [0.4, 0.5) is 23.7 Å². The number of hydrogen-bond donors (Lipinski definition) is 4. The van der Waals surface area contributed by atoms with Crippen LogP contribution in [0.3, 0.4) is 0 Å². The van der Waals surface area contributed by atoms with Gasteiger partial charge in [-0.3, -0.25) is 9.52 Å². The van der Waals surface area contributed by atoms with Crippen LogP contribution < -0.4 is 14.8 Å². The maximum Gasteiger partial charge on any atom is 0.405 e. The standard InChI is InChI=1S/C22H31F3N4O7S2/c1-29(17-3-2-4-17)20(30)19(26-21(31)32)14-5-7-16(8-6-14)28-38(35,36)18-11-9-15(10-12-18)27-37(33,34)13-22(23,24)25/h9-12,14,16-17,19,26-28H,2-8,13H2,1H3,(H,31,32)/t14?,16?,19-/m0/s1. The van der Waals surface area contributed by atoms with Crippen molar-refractivity contribution in [3.8, 4) is 0 Å². The number of nitrogens with one attached hydrogen (secondary N) is 3. The summed E-state index contributed by atoms with van der Waals surface area (Å²) in [5.74, 6) is -2.67. The van der Waals surface area contributed by atoms with Gasteiger partial charge in [0.25, 0.3) is 0 Å². The minimum Gasteiger partial charge on any atom is -0.465 e. The second kappa shape index (κ2) is 11.7. The molecule has 2 aliphatic rings. The van der Waals surface area contributed by atoms with E-state index in [1.54, 1.807) is 16.7 Å². The van der Waals surface area contributed by atoms with E-state index < -0.39 is 50.2 Å². The summed E-state index contributed by atoms with van der Waals surface area (Å²) in [6.07, 6.45) is -1.95. The zero-order chi connectivity index (χ0) is 28.3. The largest absolute Gasteiger partial charge is 0.465 e. The van der Waals surface area contributed by atoms with E-state index in [4.69, 9.17) is 0 Å². The zero-order valence-electron chi connectivity index (χ0n) is 20.6. The molecule has 2 amide bonds. The summed E-state index contributed by atoms with van der Waals surface area (Å²) in [6, 6.07) is 2.92. The molecule has 0 unspecified atom stereocenters. The van der Waals surface area contributed by atoms with Gasteiger partial charge in [0.05, 0.1) is 4.90 Å². The van der Waals surface area contributed by atoms with Crippen molar-refractivity contribution in [3.05, 3.63) is 24.3 Å². The van der Waals surface area contributed by atoms with Crippen molar-refractivity contribution in [2.24, 2.45) is 5.92 Å². The number of benzene rings is 1. The lowest BCUT2D eigenvalue weighted by Gasteiger charge is -2.39. The van der Waals surface area contributed by atoms with Crippen molar-refractivity contribution in [2.45, 2.75) is 74.1 Å². The number of carbonyl (C=O) groups is 2. The maximum atomic E-state index is 13.0. The molecular formula is C22H31F3N4O7S2. The molecule has 0 aliphatic heterocycles. The summed E-state index contributed by atoms with van der Waals surface area (Å²) in [6.45, 7) is 0. The Morgan fingerprint density at radius 2 is 1.61 bits per heavy atom. The molecule has 11 nitrogen and oxygen atoms in total. The van der Waals surface area contributed by atoms with E-state index in [-0.39, 0.29) is 28.4 Å². The quantitative estimate of drug-likeness (QED) is 0.328. The van der Waals surface area contributed by atoms with Gasteiger partial charge in [0.2, 0.25) is 26.0 Å². The highest BCUT2D eigenvalue weighted by Crippen LogP contribution is 2.31. The van der Waals surface area contributed by atoms with Gasteiger partial charge in [0.15, 0.2) is 5.75 Å². The highest BCUT2D eigenvalue weighted by molar-refractivity contribution is 7.92. The number of sulfonamides is 2. The molecule has 0 spiro atoms. The molecule has 16 heteroatoms. The Hall–Kier alpha value is -2.59. The van der Waals surface area contributed by atoms with Crippen molar-refractivity contribution in [2.75, 3.05) is 17.5 Å². The number of likely N-dealkylation sites (N-methyl/N-ethyl adjacent to an activating group) is 1. The lowest BCUT2D eigenvalue weighted by molar-refractivity contribution is -0.137. The fraction of sp³-hybridized carbons (Fsp3) is 0.636. The van der Waals surface area contributed by atoms with E-state index in [0.717, 1.165) is 43.5 Å². The van der Waals surface area contributed by atoms with Crippen molar-refractivity contribution in [3.63, 3.8) is 0 Å². The average Bonchev–Trinajstić information content (AvgIpc) is 2.74. The summed E-state index contributed by atoms with van der Waals surface area (Å²) in [7, 11) is -7.08. The fourth-order valence-corrected chi connectivity index (χ4v) is 6.98. The third-order valence-electron chi connectivity index (χ3n) is 6.87. The Kier molecular flexibility index (Phi) is 9.19. The summed E-state index contributed by atoms with van der Waals surface area (Å²) in [4.78, 5) is 25.7. The number of hydrogen-bond acceptors (Lipinski definition) is 6. The first kappa shape index (κ1) is 30.0. The minimum absolute atomic E-state index is 0.0927. The van der Waals surface area contributed by atoms with E-state index in [1.807, 2.05) is 0 Å². The van der Waals surface area contributed by atoms with Crippen LogP contribution in [-0.4, -0.2) is 75.9 Å². The fourth-order valence-electron chi connectivity index (χ4n) is 4.68. The number of carboxylic acid groups (broad SMARTS) is 1.